The van der Waals surface area contributed by atoms with Crippen LogP contribution in [0.5, 0.6) is 5.75 Å². The highest BCUT2D eigenvalue weighted by molar-refractivity contribution is 5.79. The first kappa shape index (κ1) is 17.3. The predicted octanol–water partition coefficient (Wildman–Crippen LogP) is 2.69. The molecule has 0 bridgehead atoms. The van der Waals surface area contributed by atoms with Gasteiger partial charge in [-0.3, -0.25) is 9.59 Å². The Labute approximate surface area is 147 Å². The first-order valence-corrected chi connectivity index (χ1v) is 8.70. The van der Waals surface area contributed by atoms with Gasteiger partial charge in [0.15, 0.2) is 5.75 Å². The topological polar surface area (TPSA) is 60.3 Å². The fourth-order valence-electron chi connectivity index (χ4n) is 2.93. The molecule has 25 heavy (non-hydrogen) atoms. The van der Waals surface area contributed by atoms with Crippen LogP contribution in [0.4, 0.5) is 0 Å². The summed E-state index contributed by atoms with van der Waals surface area (Å²) in [5.41, 5.74) is 2.38. The number of aromatic nitrogens is 1. The van der Waals surface area contributed by atoms with Crippen molar-refractivity contribution in [2.45, 2.75) is 39.3 Å². The van der Waals surface area contributed by atoms with E-state index in [4.69, 9.17) is 4.74 Å². The van der Waals surface area contributed by atoms with Gasteiger partial charge in [0.1, 0.15) is 6.61 Å². The van der Waals surface area contributed by atoms with E-state index in [9.17, 15) is 9.59 Å². The van der Waals surface area contributed by atoms with Gasteiger partial charge in [-0.1, -0.05) is 36.8 Å². The van der Waals surface area contributed by atoms with Gasteiger partial charge in [0.2, 0.25) is 11.3 Å². The molecule has 1 aromatic carbocycles. The molecule has 1 heterocycles. The van der Waals surface area contributed by atoms with E-state index in [1.807, 2.05) is 48.9 Å². The maximum atomic E-state index is 12.4. The second kappa shape index (κ2) is 7.55. The van der Waals surface area contributed by atoms with Gasteiger partial charge >= 0.3 is 0 Å². The lowest BCUT2D eigenvalue weighted by atomic mass is 9.85. The van der Waals surface area contributed by atoms with E-state index in [0.717, 1.165) is 30.5 Å². The zero-order valence-corrected chi connectivity index (χ0v) is 14.7. The van der Waals surface area contributed by atoms with Crippen LogP contribution in [0, 0.1) is 12.8 Å². The van der Waals surface area contributed by atoms with E-state index in [2.05, 4.69) is 5.32 Å². The first-order valence-electron chi connectivity index (χ1n) is 8.70. The summed E-state index contributed by atoms with van der Waals surface area (Å²) < 4.78 is 7.74. The molecule has 1 fully saturated rings. The van der Waals surface area contributed by atoms with Crippen LogP contribution in [0.1, 0.15) is 36.2 Å². The molecule has 1 saturated carbocycles. The second-order valence-electron chi connectivity index (χ2n) is 6.60. The van der Waals surface area contributed by atoms with Crippen molar-refractivity contribution in [2.24, 2.45) is 13.0 Å². The van der Waals surface area contributed by atoms with E-state index < -0.39 is 0 Å². The quantitative estimate of drug-likeness (QED) is 0.879. The van der Waals surface area contributed by atoms with Crippen LogP contribution in [0.25, 0.3) is 0 Å². The van der Waals surface area contributed by atoms with Crippen molar-refractivity contribution in [3.63, 3.8) is 0 Å². The van der Waals surface area contributed by atoms with Crippen molar-refractivity contribution in [3.8, 4) is 5.75 Å². The van der Waals surface area contributed by atoms with Crippen LogP contribution >= 0.6 is 0 Å². The minimum atomic E-state index is -0.153. The zero-order chi connectivity index (χ0) is 17.8. The average molecular weight is 340 g/mol. The number of benzene rings is 1. The van der Waals surface area contributed by atoms with E-state index in [1.54, 1.807) is 6.07 Å². The van der Waals surface area contributed by atoms with Gasteiger partial charge in [-0.05, 0) is 25.3 Å². The van der Waals surface area contributed by atoms with Crippen molar-refractivity contribution in [2.75, 3.05) is 0 Å². The Morgan fingerprint density at radius 2 is 2.00 bits per heavy atom. The number of ether oxygens (including phenoxy) is 1. The number of carbonyl (C=O) groups is 1. The average Bonchev–Trinajstić information content (AvgIpc) is 2.55. The van der Waals surface area contributed by atoms with Gasteiger partial charge in [0.25, 0.3) is 0 Å². The van der Waals surface area contributed by atoms with Crippen molar-refractivity contribution >= 4 is 5.91 Å². The molecule has 132 valence electrons. The molecule has 5 nitrogen and oxygen atoms in total. The lowest BCUT2D eigenvalue weighted by Gasteiger charge is -2.25. The maximum absolute atomic E-state index is 12.4. The second-order valence-corrected chi connectivity index (χ2v) is 6.60. The Morgan fingerprint density at radius 3 is 2.64 bits per heavy atom. The predicted molar refractivity (Wildman–Crippen MR) is 96.4 cm³/mol. The fraction of sp³-hybridized carbons (Fsp3) is 0.400. The molecule has 2 aromatic rings. The lowest BCUT2D eigenvalue weighted by molar-refractivity contribution is -0.127. The summed E-state index contributed by atoms with van der Waals surface area (Å²) in [6, 6.07) is 11.3. The molecule has 1 aliphatic rings. The van der Waals surface area contributed by atoms with Crippen LogP contribution < -0.4 is 15.5 Å². The number of aryl methyl sites for hydroxylation is 1. The fourth-order valence-corrected chi connectivity index (χ4v) is 2.93. The Bertz CT molecular complexity index is 808. The van der Waals surface area contributed by atoms with Gasteiger partial charge in [0, 0.05) is 24.7 Å². The number of amides is 1. The molecule has 1 N–H and O–H groups in total. The minimum Gasteiger partial charge on any atom is -0.483 e. The third-order valence-electron chi connectivity index (χ3n) is 4.89. The number of hydrogen-bond donors (Lipinski definition) is 1. The van der Waals surface area contributed by atoms with Crippen molar-refractivity contribution in [1.82, 2.24) is 9.88 Å². The Morgan fingerprint density at radius 1 is 1.28 bits per heavy atom. The molecule has 3 rings (SSSR count). The number of nitrogens with zero attached hydrogens (tertiary/aromatic N) is 1. The van der Waals surface area contributed by atoms with Crippen molar-refractivity contribution < 1.29 is 9.53 Å². The zero-order valence-electron chi connectivity index (χ0n) is 14.7. The molecule has 0 aliphatic heterocycles. The number of rotatable bonds is 6. The van der Waals surface area contributed by atoms with E-state index in [1.165, 1.54) is 0 Å². The Kier molecular flexibility index (Phi) is 5.22. The molecular formula is C20H24N2O3. The van der Waals surface area contributed by atoms with Crippen LogP contribution in [-0.2, 0) is 25.0 Å². The summed E-state index contributed by atoms with van der Waals surface area (Å²) in [5, 5.41) is 2.96. The van der Waals surface area contributed by atoms with Gasteiger partial charge in [0.05, 0.1) is 12.2 Å². The third-order valence-corrected chi connectivity index (χ3v) is 4.89. The molecule has 5 heteroatoms. The Hall–Kier alpha value is -2.56. The van der Waals surface area contributed by atoms with Gasteiger partial charge in [-0.2, -0.15) is 0 Å². The Balaban J connectivity index is 1.79. The lowest BCUT2D eigenvalue weighted by Crippen LogP contribution is -2.35. The molecule has 0 radical (unpaired) electrons. The van der Waals surface area contributed by atoms with Gasteiger partial charge in [-0.15, -0.1) is 0 Å². The highest BCUT2D eigenvalue weighted by atomic mass is 16.5. The van der Waals surface area contributed by atoms with Crippen LogP contribution in [0.3, 0.4) is 0 Å². The van der Waals surface area contributed by atoms with Crippen LogP contribution in [0.2, 0.25) is 0 Å². The standard InChI is InChI=1S/C20H24N2O3/c1-14-11-18(23)19(25-13-15-7-4-3-5-8-15)17(22(14)2)12-21-20(24)16-9-6-10-16/h3-5,7-8,11,16H,6,9-10,12-13H2,1-2H3,(H,21,24). The van der Waals surface area contributed by atoms with E-state index >= 15 is 0 Å². The normalized spacial score (nSPS) is 14.0. The van der Waals surface area contributed by atoms with Crippen molar-refractivity contribution in [1.29, 1.82) is 0 Å². The highest BCUT2D eigenvalue weighted by Gasteiger charge is 2.25. The first-order chi connectivity index (χ1) is 12.1. The SMILES string of the molecule is Cc1cc(=O)c(OCc2ccccc2)c(CNC(=O)C2CCC2)n1C. The van der Waals surface area contributed by atoms with E-state index in [0.29, 0.717) is 24.6 Å². The number of hydrogen-bond acceptors (Lipinski definition) is 3. The highest BCUT2D eigenvalue weighted by Crippen LogP contribution is 2.26. The number of pyridine rings is 1. The van der Waals surface area contributed by atoms with Crippen molar-refractivity contribution in [3.05, 3.63) is 63.6 Å². The van der Waals surface area contributed by atoms with E-state index in [-0.39, 0.29) is 17.3 Å². The van der Waals surface area contributed by atoms with Gasteiger partial charge < -0.3 is 14.6 Å². The molecule has 1 amide bonds. The molecule has 1 aromatic heterocycles. The van der Waals surface area contributed by atoms with Crippen LogP contribution in [0.15, 0.2) is 41.2 Å². The largest absolute Gasteiger partial charge is 0.483 e. The van der Waals surface area contributed by atoms with Crippen LogP contribution in [-0.4, -0.2) is 10.5 Å². The minimum absolute atomic E-state index is 0.0641. The summed E-state index contributed by atoms with van der Waals surface area (Å²) in [7, 11) is 1.88. The number of carbonyl (C=O) groups excluding carboxylic acids is 1. The molecule has 0 saturated heterocycles. The number of nitrogens with one attached hydrogen (secondary N) is 1. The monoisotopic (exact) mass is 340 g/mol. The smallest absolute Gasteiger partial charge is 0.224 e. The molecule has 0 atom stereocenters. The summed E-state index contributed by atoms with van der Waals surface area (Å²) in [6.07, 6.45) is 3.03. The molecule has 1 aliphatic carbocycles. The summed E-state index contributed by atoms with van der Waals surface area (Å²) in [6.45, 7) is 2.50. The third kappa shape index (κ3) is 3.92. The summed E-state index contributed by atoms with van der Waals surface area (Å²) >= 11 is 0. The summed E-state index contributed by atoms with van der Waals surface area (Å²) in [5.74, 6) is 0.496. The maximum Gasteiger partial charge on any atom is 0.224 e. The van der Waals surface area contributed by atoms with Gasteiger partial charge in [-0.25, -0.2) is 0 Å². The molecule has 0 spiro atoms. The molecule has 0 unspecified atom stereocenters. The molecular weight excluding hydrogens is 316 g/mol. The summed E-state index contributed by atoms with van der Waals surface area (Å²) in [4.78, 5) is 24.6.